The van der Waals surface area contributed by atoms with Gasteiger partial charge in [0.2, 0.25) is 5.91 Å². The molecule has 5 nitrogen and oxygen atoms in total. The number of halogens is 4. The van der Waals surface area contributed by atoms with Crippen LogP contribution in [0.5, 0.6) is 5.75 Å². The first kappa shape index (κ1) is 20.2. The van der Waals surface area contributed by atoms with E-state index in [9.17, 15) is 9.18 Å². The number of pyridine rings is 1. The van der Waals surface area contributed by atoms with Gasteiger partial charge < -0.3 is 15.0 Å². The topological polar surface area (TPSA) is 54.5 Å². The molecule has 0 atom stereocenters. The second kappa shape index (κ2) is 7.95. The number of piperidine rings is 1. The van der Waals surface area contributed by atoms with E-state index in [-0.39, 0.29) is 37.5 Å². The Labute approximate surface area is 177 Å². The second-order valence-corrected chi connectivity index (χ2v) is 8.18. The summed E-state index contributed by atoms with van der Waals surface area (Å²) in [4.78, 5) is 17.7. The maximum Gasteiger partial charge on any atom is 0.224 e. The number of nitrogens with zero attached hydrogens (tertiary/aromatic N) is 2. The Bertz CT molecular complexity index is 950. The lowest BCUT2D eigenvalue weighted by molar-refractivity contribution is -0.116. The van der Waals surface area contributed by atoms with Crippen LogP contribution in [0.4, 0.5) is 20.3 Å². The quantitative estimate of drug-likeness (QED) is 0.740. The van der Waals surface area contributed by atoms with Crippen molar-refractivity contribution in [3.05, 3.63) is 45.8 Å². The fourth-order valence-corrected chi connectivity index (χ4v) is 4.17. The van der Waals surface area contributed by atoms with E-state index in [1.54, 1.807) is 6.07 Å². The molecule has 0 spiro atoms. The van der Waals surface area contributed by atoms with Crippen LogP contribution in [-0.4, -0.2) is 36.3 Å². The highest BCUT2D eigenvalue weighted by Crippen LogP contribution is 2.36. The molecule has 4 rings (SSSR count). The highest BCUT2D eigenvalue weighted by Gasteiger charge is 2.37. The summed E-state index contributed by atoms with van der Waals surface area (Å²) in [5, 5.41) is 3.40. The maximum absolute atomic E-state index is 15.3. The van der Waals surface area contributed by atoms with Gasteiger partial charge in [-0.1, -0.05) is 23.2 Å². The summed E-state index contributed by atoms with van der Waals surface area (Å²) in [6.45, 7) is 0.728. The standard InChI is InChI=1S/C20H19Cl2F2N3O2/c21-12-9-14(22)19(25-10-12)27-7-5-20(24,6-8-27)11-29-16-3-2-15(23)18-13(16)1-4-17(28)26-18/h2-3,9-10H,1,4-8,11H2,(H,26,28). The van der Waals surface area contributed by atoms with E-state index in [2.05, 4.69) is 10.3 Å². The van der Waals surface area contributed by atoms with Crippen molar-refractivity contribution in [3.63, 3.8) is 0 Å². The number of nitrogens with one attached hydrogen (secondary N) is 1. The normalized spacial score (nSPS) is 18.2. The van der Waals surface area contributed by atoms with Gasteiger partial charge in [0.1, 0.15) is 29.7 Å². The van der Waals surface area contributed by atoms with Crippen molar-refractivity contribution in [2.24, 2.45) is 0 Å². The van der Waals surface area contributed by atoms with Crippen molar-refractivity contribution < 1.29 is 18.3 Å². The Morgan fingerprint density at radius 1 is 1.24 bits per heavy atom. The molecule has 0 saturated carbocycles. The molecule has 1 saturated heterocycles. The molecule has 3 heterocycles. The summed E-state index contributed by atoms with van der Waals surface area (Å²) in [5.41, 5.74) is -0.818. The minimum absolute atomic E-state index is 0.130. The van der Waals surface area contributed by atoms with Crippen molar-refractivity contribution >= 4 is 40.6 Å². The van der Waals surface area contributed by atoms with Gasteiger partial charge in [-0.2, -0.15) is 0 Å². The van der Waals surface area contributed by atoms with Crippen molar-refractivity contribution in [2.45, 2.75) is 31.4 Å². The number of anilines is 2. The molecule has 0 unspecified atom stereocenters. The SMILES string of the molecule is O=C1CCc2c(OCC3(F)CCN(c4ncc(Cl)cc4Cl)CC3)ccc(F)c2N1. The van der Waals surface area contributed by atoms with Crippen molar-refractivity contribution in [3.8, 4) is 5.75 Å². The fraction of sp³-hybridized carbons (Fsp3) is 0.400. The predicted molar refractivity (Wildman–Crippen MR) is 108 cm³/mol. The molecule has 2 aliphatic heterocycles. The summed E-state index contributed by atoms with van der Waals surface area (Å²) >= 11 is 12.1. The smallest absolute Gasteiger partial charge is 0.224 e. The Kier molecular flexibility index (Phi) is 5.53. The van der Waals surface area contributed by atoms with Crippen LogP contribution in [0.1, 0.15) is 24.8 Å². The number of carbonyl (C=O) groups is 1. The van der Waals surface area contributed by atoms with Crippen molar-refractivity contribution in [2.75, 3.05) is 29.9 Å². The molecule has 1 fully saturated rings. The van der Waals surface area contributed by atoms with Crippen LogP contribution < -0.4 is 15.0 Å². The summed E-state index contributed by atoms with van der Waals surface area (Å²) in [7, 11) is 0. The van der Waals surface area contributed by atoms with E-state index in [4.69, 9.17) is 27.9 Å². The van der Waals surface area contributed by atoms with Crippen LogP contribution in [0.3, 0.4) is 0 Å². The van der Waals surface area contributed by atoms with Gasteiger partial charge in [-0.05, 0) is 24.6 Å². The number of alkyl halides is 1. The van der Waals surface area contributed by atoms with Gasteiger partial charge in [0.25, 0.3) is 0 Å². The highest BCUT2D eigenvalue weighted by atomic mass is 35.5. The summed E-state index contributed by atoms with van der Waals surface area (Å²) in [6, 6.07) is 4.32. The van der Waals surface area contributed by atoms with Gasteiger partial charge >= 0.3 is 0 Å². The Balaban J connectivity index is 1.41. The third-order valence-electron chi connectivity index (χ3n) is 5.32. The summed E-state index contributed by atoms with van der Waals surface area (Å²) in [6.07, 6.45) is 2.61. The lowest BCUT2D eigenvalue weighted by Gasteiger charge is -2.37. The number of carbonyl (C=O) groups excluding carboxylic acids is 1. The van der Waals surface area contributed by atoms with Gasteiger partial charge in [0.15, 0.2) is 0 Å². The number of aromatic nitrogens is 1. The lowest BCUT2D eigenvalue weighted by Crippen LogP contribution is -2.45. The van der Waals surface area contributed by atoms with Crippen LogP contribution in [0.2, 0.25) is 10.0 Å². The molecule has 0 aliphatic carbocycles. The number of amides is 1. The molecule has 1 amide bonds. The van der Waals surface area contributed by atoms with E-state index in [1.165, 1.54) is 18.3 Å². The van der Waals surface area contributed by atoms with Gasteiger partial charge in [-0.3, -0.25) is 4.79 Å². The van der Waals surface area contributed by atoms with Gasteiger partial charge in [0, 0.05) is 44.1 Å². The minimum Gasteiger partial charge on any atom is -0.490 e. The van der Waals surface area contributed by atoms with Crippen LogP contribution in [0, 0.1) is 5.82 Å². The van der Waals surface area contributed by atoms with E-state index >= 15 is 4.39 Å². The molecule has 154 valence electrons. The van der Waals surface area contributed by atoms with E-state index < -0.39 is 11.5 Å². The van der Waals surface area contributed by atoms with Gasteiger partial charge in [0.05, 0.1) is 15.7 Å². The average molecular weight is 442 g/mol. The number of fused-ring (bicyclic) bond motifs is 1. The van der Waals surface area contributed by atoms with Crippen molar-refractivity contribution in [1.29, 1.82) is 0 Å². The zero-order valence-corrected chi connectivity index (χ0v) is 17.0. The fourth-order valence-electron chi connectivity index (χ4n) is 3.67. The molecular weight excluding hydrogens is 423 g/mol. The summed E-state index contributed by atoms with van der Waals surface area (Å²) < 4.78 is 35.0. The molecule has 1 aromatic carbocycles. The van der Waals surface area contributed by atoms with Crippen LogP contribution in [-0.2, 0) is 11.2 Å². The van der Waals surface area contributed by atoms with Crippen LogP contribution in [0.15, 0.2) is 24.4 Å². The minimum atomic E-state index is -1.52. The maximum atomic E-state index is 15.3. The zero-order chi connectivity index (χ0) is 20.6. The highest BCUT2D eigenvalue weighted by molar-refractivity contribution is 6.36. The molecule has 1 aromatic heterocycles. The number of hydrogen-bond acceptors (Lipinski definition) is 4. The Hall–Kier alpha value is -2.12. The first-order chi connectivity index (χ1) is 13.8. The molecule has 9 heteroatoms. The van der Waals surface area contributed by atoms with Gasteiger partial charge in [-0.15, -0.1) is 0 Å². The third kappa shape index (κ3) is 4.26. The Morgan fingerprint density at radius 2 is 2.00 bits per heavy atom. The molecule has 2 aliphatic rings. The van der Waals surface area contributed by atoms with E-state index in [0.717, 1.165) is 0 Å². The molecule has 0 bridgehead atoms. The number of rotatable bonds is 4. The van der Waals surface area contributed by atoms with E-state index in [1.807, 2.05) is 4.90 Å². The zero-order valence-electron chi connectivity index (χ0n) is 15.5. The molecule has 2 aromatic rings. The third-order valence-corrected chi connectivity index (χ3v) is 5.80. The number of benzene rings is 1. The molecule has 0 radical (unpaired) electrons. The van der Waals surface area contributed by atoms with Crippen LogP contribution >= 0.6 is 23.2 Å². The lowest BCUT2D eigenvalue weighted by atomic mass is 9.94. The average Bonchev–Trinajstić information content (AvgIpc) is 2.69. The predicted octanol–water partition coefficient (Wildman–Crippen LogP) is 4.80. The van der Waals surface area contributed by atoms with E-state index in [0.29, 0.717) is 46.7 Å². The summed E-state index contributed by atoms with van der Waals surface area (Å²) in [5.74, 6) is 0.235. The largest absolute Gasteiger partial charge is 0.490 e. The second-order valence-electron chi connectivity index (χ2n) is 7.33. The monoisotopic (exact) mass is 441 g/mol. The first-order valence-electron chi connectivity index (χ1n) is 9.34. The molecule has 1 N–H and O–H groups in total. The molecule has 29 heavy (non-hydrogen) atoms. The first-order valence-corrected chi connectivity index (χ1v) is 10.1. The Morgan fingerprint density at radius 3 is 2.72 bits per heavy atom. The van der Waals surface area contributed by atoms with Crippen molar-refractivity contribution in [1.82, 2.24) is 4.98 Å². The van der Waals surface area contributed by atoms with Gasteiger partial charge in [-0.25, -0.2) is 13.8 Å². The van der Waals surface area contributed by atoms with Crippen LogP contribution in [0.25, 0.3) is 0 Å². The molecular formula is C20H19Cl2F2N3O2. The number of hydrogen-bond donors (Lipinski definition) is 1. The number of ether oxygens (including phenoxy) is 1.